The number of carbonyl (C=O) groups is 2. The number of rotatable bonds is 4. The fourth-order valence-electron chi connectivity index (χ4n) is 2.25. The van der Waals surface area contributed by atoms with E-state index in [1.54, 1.807) is 36.4 Å². The van der Waals surface area contributed by atoms with Crippen LogP contribution in [0.5, 0.6) is 0 Å². The maximum absolute atomic E-state index is 12.5. The van der Waals surface area contributed by atoms with Gasteiger partial charge in [0, 0.05) is 24.0 Å². The number of hydrogen-bond donors (Lipinski definition) is 0. The quantitative estimate of drug-likeness (QED) is 0.774. The van der Waals surface area contributed by atoms with Crippen LogP contribution in [0.1, 0.15) is 36.5 Å². The first-order valence-corrected chi connectivity index (χ1v) is 6.45. The molecule has 5 heteroatoms. The monoisotopic (exact) mass is 262 g/mol. The second-order valence-corrected chi connectivity index (χ2v) is 4.73. The van der Waals surface area contributed by atoms with Crippen LogP contribution in [0.25, 0.3) is 0 Å². The Hall–Kier alpha value is -1.91. The second-order valence-electron chi connectivity index (χ2n) is 4.73. The largest absolute Gasteiger partial charge is 0.467 e. The molecule has 0 aromatic carbocycles. The van der Waals surface area contributed by atoms with Crippen molar-refractivity contribution < 1.29 is 14.3 Å². The summed E-state index contributed by atoms with van der Waals surface area (Å²) in [5.41, 5.74) is 0.553. The van der Waals surface area contributed by atoms with Crippen molar-refractivity contribution in [2.75, 3.05) is 7.11 Å². The highest BCUT2D eigenvalue weighted by Crippen LogP contribution is 2.28. The van der Waals surface area contributed by atoms with Gasteiger partial charge in [0.05, 0.1) is 7.11 Å². The van der Waals surface area contributed by atoms with Crippen LogP contribution in [0.3, 0.4) is 0 Å². The summed E-state index contributed by atoms with van der Waals surface area (Å²) in [5, 5.41) is 0. The van der Waals surface area contributed by atoms with Crippen molar-refractivity contribution in [2.24, 2.45) is 0 Å². The van der Waals surface area contributed by atoms with Gasteiger partial charge in [-0.25, -0.2) is 4.79 Å². The van der Waals surface area contributed by atoms with Gasteiger partial charge in [-0.1, -0.05) is 0 Å². The molecule has 1 aliphatic carbocycles. The molecule has 1 amide bonds. The molecule has 2 rings (SSSR count). The van der Waals surface area contributed by atoms with E-state index in [4.69, 9.17) is 4.74 Å². The predicted octanol–water partition coefficient (Wildman–Crippen LogP) is 1.64. The molecule has 1 aromatic heterocycles. The molecule has 5 nitrogen and oxygen atoms in total. The first-order valence-electron chi connectivity index (χ1n) is 6.45. The van der Waals surface area contributed by atoms with E-state index in [2.05, 4.69) is 4.98 Å². The van der Waals surface area contributed by atoms with Crippen molar-refractivity contribution in [1.29, 1.82) is 0 Å². The molecular weight excluding hydrogens is 244 g/mol. The number of nitrogens with zero attached hydrogens (tertiary/aromatic N) is 2. The zero-order valence-electron chi connectivity index (χ0n) is 11.2. The maximum Gasteiger partial charge on any atom is 0.328 e. The lowest BCUT2D eigenvalue weighted by atomic mass is 9.90. The number of esters is 1. The molecule has 1 heterocycles. The van der Waals surface area contributed by atoms with Crippen LogP contribution in [-0.4, -0.2) is 41.0 Å². The first-order chi connectivity index (χ1) is 9.15. The van der Waals surface area contributed by atoms with E-state index < -0.39 is 6.04 Å². The van der Waals surface area contributed by atoms with Gasteiger partial charge in [0.2, 0.25) is 0 Å². The molecule has 0 bridgehead atoms. The molecule has 1 atom stereocenters. The van der Waals surface area contributed by atoms with E-state index in [9.17, 15) is 9.59 Å². The summed E-state index contributed by atoms with van der Waals surface area (Å²) in [7, 11) is 1.34. The highest BCUT2D eigenvalue weighted by Gasteiger charge is 2.36. The second kappa shape index (κ2) is 5.82. The molecule has 0 saturated heterocycles. The number of hydrogen-bond acceptors (Lipinski definition) is 4. The normalized spacial score (nSPS) is 16.3. The summed E-state index contributed by atoms with van der Waals surface area (Å²) in [5.74, 6) is -0.515. The average Bonchev–Trinajstić information content (AvgIpc) is 2.41. The Bertz CT molecular complexity index is 457. The zero-order chi connectivity index (χ0) is 13.8. The number of amides is 1. The summed E-state index contributed by atoms with van der Waals surface area (Å²) in [4.78, 5) is 29.8. The molecule has 102 valence electrons. The first kappa shape index (κ1) is 13.5. The smallest absolute Gasteiger partial charge is 0.328 e. The van der Waals surface area contributed by atoms with Gasteiger partial charge in [-0.2, -0.15) is 0 Å². The summed E-state index contributed by atoms with van der Waals surface area (Å²) >= 11 is 0. The van der Waals surface area contributed by atoms with E-state index >= 15 is 0 Å². The summed E-state index contributed by atoms with van der Waals surface area (Å²) in [6.07, 6.45) is 6.14. The maximum atomic E-state index is 12.5. The Morgan fingerprint density at radius 1 is 1.37 bits per heavy atom. The zero-order valence-corrected chi connectivity index (χ0v) is 11.2. The number of pyridine rings is 1. The van der Waals surface area contributed by atoms with Gasteiger partial charge in [0.1, 0.15) is 6.04 Å². The van der Waals surface area contributed by atoms with Crippen molar-refractivity contribution in [3.63, 3.8) is 0 Å². The van der Waals surface area contributed by atoms with Gasteiger partial charge in [0.25, 0.3) is 5.91 Å². The third-order valence-electron chi connectivity index (χ3n) is 3.59. The standard InChI is InChI=1S/C14H18N2O3/c1-10(14(18)19-2)16(12-4-3-5-12)13(17)11-6-8-15-9-7-11/h6-10,12H,3-5H2,1-2H3. The Balaban J connectivity index is 2.22. The highest BCUT2D eigenvalue weighted by atomic mass is 16.5. The van der Waals surface area contributed by atoms with E-state index in [1.165, 1.54) is 7.11 Å². The van der Waals surface area contributed by atoms with E-state index in [1.807, 2.05) is 0 Å². The number of ether oxygens (including phenoxy) is 1. The topological polar surface area (TPSA) is 59.5 Å². The van der Waals surface area contributed by atoms with Gasteiger partial charge in [-0.3, -0.25) is 9.78 Å². The van der Waals surface area contributed by atoms with E-state index in [0.29, 0.717) is 5.56 Å². The lowest BCUT2D eigenvalue weighted by Crippen LogP contribution is -2.52. The van der Waals surface area contributed by atoms with Crippen molar-refractivity contribution >= 4 is 11.9 Å². The van der Waals surface area contributed by atoms with Crippen molar-refractivity contribution in [3.05, 3.63) is 30.1 Å². The molecule has 19 heavy (non-hydrogen) atoms. The SMILES string of the molecule is COC(=O)C(C)N(C(=O)c1ccncc1)C1CCC1. The van der Waals surface area contributed by atoms with Gasteiger partial charge >= 0.3 is 5.97 Å². The summed E-state index contributed by atoms with van der Waals surface area (Å²) in [6.45, 7) is 1.71. The lowest BCUT2D eigenvalue weighted by Gasteiger charge is -2.40. The summed E-state index contributed by atoms with van der Waals surface area (Å²) < 4.78 is 4.75. The third-order valence-corrected chi connectivity index (χ3v) is 3.59. The fraction of sp³-hybridized carbons (Fsp3) is 0.500. The molecule has 1 fully saturated rings. The average molecular weight is 262 g/mol. The minimum Gasteiger partial charge on any atom is -0.467 e. The van der Waals surface area contributed by atoms with Crippen LogP contribution in [0.4, 0.5) is 0 Å². The molecule has 0 N–H and O–H groups in total. The number of methoxy groups -OCH3 is 1. The van der Waals surface area contributed by atoms with Gasteiger partial charge < -0.3 is 9.64 Å². The molecule has 0 aliphatic heterocycles. The van der Waals surface area contributed by atoms with Crippen LogP contribution in [-0.2, 0) is 9.53 Å². The van der Waals surface area contributed by atoms with Gasteiger partial charge in [-0.15, -0.1) is 0 Å². The number of aromatic nitrogens is 1. The van der Waals surface area contributed by atoms with E-state index in [-0.39, 0.29) is 17.9 Å². The minimum absolute atomic E-state index is 0.134. The molecule has 0 spiro atoms. The highest BCUT2D eigenvalue weighted by molar-refractivity contribution is 5.96. The van der Waals surface area contributed by atoms with Crippen molar-refractivity contribution in [2.45, 2.75) is 38.3 Å². The van der Waals surface area contributed by atoms with Crippen molar-refractivity contribution in [3.8, 4) is 0 Å². The van der Waals surface area contributed by atoms with Crippen LogP contribution in [0.2, 0.25) is 0 Å². The summed E-state index contributed by atoms with van der Waals surface area (Å²) in [6, 6.07) is 2.90. The molecular formula is C14H18N2O3. The van der Waals surface area contributed by atoms with Crippen LogP contribution < -0.4 is 0 Å². The molecule has 1 unspecified atom stereocenters. The minimum atomic E-state index is -0.559. The lowest BCUT2D eigenvalue weighted by molar-refractivity contribution is -0.146. The number of carbonyl (C=O) groups excluding carboxylic acids is 2. The molecule has 0 radical (unpaired) electrons. The Labute approximate surface area is 112 Å². The Kier molecular flexibility index (Phi) is 4.14. The molecule has 1 aliphatic rings. The fourth-order valence-corrected chi connectivity index (χ4v) is 2.25. The predicted molar refractivity (Wildman–Crippen MR) is 69.5 cm³/mol. The van der Waals surface area contributed by atoms with Crippen LogP contribution in [0.15, 0.2) is 24.5 Å². The van der Waals surface area contributed by atoms with Gasteiger partial charge in [-0.05, 0) is 38.3 Å². The third kappa shape index (κ3) is 2.75. The Morgan fingerprint density at radius 3 is 2.47 bits per heavy atom. The van der Waals surface area contributed by atoms with Gasteiger partial charge in [0.15, 0.2) is 0 Å². The van der Waals surface area contributed by atoms with Crippen molar-refractivity contribution in [1.82, 2.24) is 9.88 Å². The molecule has 1 saturated carbocycles. The van der Waals surface area contributed by atoms with E-state index in [0.717, 1.165) is 19.3 Å². The van der Waals surface area contributed by atoms with Crippen LogP contribution >= 0.6 is 0 Å². The molecule has 1 aromatic rings. The van der Waals surface area contributed by atoms with Crippen LogP contribution in [0, 0.1) is 0 Å². The Morgan fingerprint density at radius 2 is 2.00 bits per heavy atom.